The molecule has 0 radical (unpaired) electrons. The molecular formula is C16H28O2. The Morgan fingerprint density at radius 2 is 1.78 bits per heavy atom. The van der Waals surface area contributed by atoms with Crippen molar-refractivity contribution in [3.8, 4) is 0 Å². The van der Waals surface area contributed by atoms with Crippen LogP contribution < -0.4 is 0 Å². The maximum absolute atomic E-state index is 11.0. The second-order valence-corrected chi connectivity index (χ2v) is 4.57. The lowest BCUT2D eigenvalue weighted by molar-refractivity contribution is -0.147. The van der Waals surface area contributed by atoms with Gasteiger partial charge in [0.15, 0.2) is 0 Å². The van der Waals surface area contributed by atoms with Gasteiger partial charge in [0.25, 0.3) is 0 Å². The van der Waals surface area contributed by atoms with Crippen molar-refractivity contribution in [2.45, 2.75) is 71.8 Å². The lowest BCUT2D eigenvalue weighted by Gasteiger charge is -2.16. The zero-order chi connectivity index (χ0) is 13.6. The highest BCUT2D eigenvalue weighted by Gasteiger charge is 2.10. The molecule has 18 heavy (non-hydrogen) atoms. The molecule has 0 aromatic heterocycles. The molecule has 0 aromatic rings. The zero-order valence-corrected chi connectivity index (χ0v) is 12.2. The molecule has 0 heterocycles. The molecule has 104 valence electrons. The average molecular weight is 252 g/mol. The fraction of sp³-hybridized carbons (Fsp3) is 0.688. The first-order valence-electron chi connectivity index (χ1n) is 7.19. The van der Waals surface area contributed by atoms with Crippen molar-refractivity contribution in [3.05, 3.63) is 24.3 Å². The van der Waals surface area contributed by atoms with Gasteiger partial charge >= 0.3 is 5.97 Å². The van der Waals surface area contributed by atoms with Gasteiger partial charge in [0.05, 0.1) is 0 Å². The topological polar surface area (TPSA) is 26.3 Å². The van der Waals surface area contributed by atoms with Crippen LogP contribution >= 0.6 is 0 Å². The summed E-state index contributed by atoms with van der Waals surface area (Å²) in [5.41, 5.74) is 0. The van der Waals surface area contributed by atoms with Gasteiger partial charge in [-0.25, -0.2) is 0 Å². The second-order valence-electron chi connectivity index (χ2n) is 4.57. The maximum Gasteiger partial charge on any atom is 0.302 e. The fourth-order valence-corrected chi connectivity index (χ4v) is 1.78. The van der Waals surface area contributed by atoms with Crippen LogP contribution in [0, 0.1) is 0 Å². The molecule has 0 spiro atoms. The van der Waals surface area contributed by atoms with Gasteiger partial charge < -0.3 is 4.74 Å². The molecule has 2 nitrogen and oxygen atoms in total. The van der Waals surface area contributed by atoms with Gasteiger partial charge in [-0.3, -0.25) is 4.79 Å². The van der Waals surface area contributed by atoms with E-state index in [-0.39, 0.29) is 12.1 Å². The Morgan fingerprint density at radius 1 is 1.11 bits per heavy atom. The lowest BCUT2D eigenvalue weighted by Crippen LogP contribution is -2.16. The van der Waals surface area contributed by atoms with E-state index in [2.05, 4.69) is 38.2 Å². The van der Waals surface area contributed by atoms with Gasteiger partial charge in [-0.15, -0.1) is 0 Å². The minimum atomic E-state index is -0.155. The van der Waals surface area contributed by atoms with Crippen molar-refractivity contribution < 1.29 is 9.53 Å². The molecule has 0 saturated heterocycles. The van der Waals surface area contributed by atoms with Crippen LogP contribution in [-0.2, 0) is 9.53 Å². The van der Waals surface area contributed by atoms with Crippen LogP contribution in [0.3, 0.4) is 0 Å². The molecule has 0 rings (SSSR count). The molecule has 0 aliphatic heterocycles. The van der Waals surface area contributed by atoms with E-state index in [0.29, 0.717) is 0 Å². The monoisotopic (exact) mass is 252 g/mol. The normalized spacial score (nSPS) is 13.3. The van der Waals surface area contributed by atoms with E-state index < -0.39 is 0 Å². The van der Waals surface area contributed by atoms with E-state index in [1.54, 1.807) is 0 Å². The Bertz CT molecular complexity index is 254. The van der Waals surface area contributed by atoms with E-state index in [4.69, 9.17) is 4.74 Å². The van der Waals surface area contributed by atoms with Gasteiger partial charge in [-0.2, -0.15) is 0 Å². The number of hydrogen-bond acceptors (Lipinski definition) is 2. The number of rotatable bonds is 10. The first kappa shape index (κ1) is 16.9. The van der Waals surface area contributed by atoms with Crippen molar-refractivity contribution in [1.82, 2.24) is 0 Å². The summed E-state index contributed by atoms with van der Waals surface area (Å²) in [7, 11) is 0. The third-order valence-electron chi connectivity index (χ3n) is 2.73. The summed E-state index contributed by atoms with van der Waals surface area (Å²) in [6.45, 7) is 5.78. The Hall–Kier alpha value is -1.05. The standard InChI is InChI=1S/C16H28O2/c1-4-6-8-9-10-11-12-14-16(13-7-5-2)18-15(3)17/h6,8-10,16H,4-5,7,11-14H2,1-3H3/b8-6?,10-9-. The van der Waals surface area contributed by atoms with E-state index in [1.165, 1.54) is 6.92 Å². The highest BCUT2D eigenvalue weighted by molar-refractivity contribution is 5.66. The summed E-state index contributed by atoms with van der Waals surface area (Å²) in [4.78, 5) is 11.0. The summed E-state index contributed by atoms with van der Waals surface area (Å²) in [5, 5.41) is 0. The minimum Gasteiger partial charge on any atom is -0.463 e. The molecular weight excluding hydrogens is 224 g/mol. The number of esters is 1. The molecule has 0 aromatic carbocycles. The molecule has 1 atom stereocenters. The van der Waals surface area contributed by atoms with Gasteiger partial charge in [-0.05, 0) is 32.1 Å². The summed E-state index contributed by atoms with van der Waals surface area (Å²) in [6, 6.07) is 0. The van der Waals surface area contributed by atoms with Crippen molar-refractivity contribution in [2.75, 3.05) is 0 Å². The lowest BCUT2D eigenvalue weighted by atomic mass is 10.1. The molecule has 0 aliphatic carbocycles. The molecule has 0 N–H and O–H groups in total. The quantitative estimate of drug-likeness (QED) is 0.317. The van der Waals surface area contributed by atoms with Crippen LogP contribution in [0.5, 0.6) is 0 Å². The average Bonchev–Trinajstić information content (AvgIpc) is 2.34. The van der Waals surface area contributed by atoms with E-state index in [0.717, 1.165) is 44.9 Å². The van der Waals surface area contributed by atoms with Crippen LogP contribution in [0.15, 0.2) is 24.3 Å². The minimum absolute atomic E-state index is 0.113. The van der Waals surface area contributed by atoms with Crippen LogP contribution in [0.25, 0.3) is 0 Å². The molecule has 1 unspecified atom stereocenters. The number of ether oxygens (including phenoxy) is 1. The maximum atomic E-state index is 11.0. The smallest absolute Gasteiger partial charge is 0.302 e. The Labute approximate surface area is 112 Å². The number of hydrogen-bond donors (Lipinski definition) is 0. The van der Waals surface area contributed by atoms with Gasteiger partial charge in [0.2, 0.25) is 0 Å². The van der Waals surface area contributed by atoms with E-state index in [1.807, 2.05) is 0 Å². The second kappa shape index (κ2) is 12.4. The highest BCUT2D eigenvalue weighted by atomic mass is 16.5. The first-order valence-corrected chi connectivity index (χ1v) is 7.19. The summed E-state index contributed by atoms with van der Waals surface area (Å²) < 4.78 is 5.32. The van der Waals surface area contributed by atoms with Crippen LogP contribution in [-0.4, -0.2) is 12.1 Å². The number of unbranched alkanes of at least 4 members (excludes halogenated alkanes) is 2. The molecule has 0 amide bonds. The third-order valence-corrected chi connectivity index (χ3v) is 2.73. The molecule has 2 heteroatoms. The van der Waals surface area contributed by atoms with Crippen LogP contribution in [0.1, 0.15) is 65.7 Å². The van der Waals surface area contributed by atoms with Crippen LogP contribution in [0.2, 0.25) is 0 Å². The third kappa shape index (κ3) is 11.4. The predicted molar refractivity (Wildman–Crippen MR) is 77.5 cm³/mol. The SMILES string of the molecule is CCC=C/C=C\CCCC(CCCC)OC(C)=O. The Morgan fingerprint density at radius 3 is 2.39 bits per heavy atom. The molecule has 0 fully saturated rings. The summed E-state index contributed by atoms with van der Waals surface area (Å²) >= 11 is 0. The predicted octanol–water partition coefficient (Wildman–Crippen LogP) is 4.80. The van der Waals surface area contributed by atoms with Gasteiger partial charge in [0.1, 0.15) is 6.10 Å². The van der Waals surface area contributed by atoms with E-state index in [9.17, 15) is 4.79 Å². The largest absolute Gasteiger partial charge is 0.463 e. The molecule has 0 bridgehead atoms. The van der Waals surface area contributed by atoms with E-state index >= 15 is 0 Å². The van der Waals surface area contributed by atoms with Gasteiger partial charge in [-0.1, -0.05) is 51.0 Å². The molecule has 0 saturated carbocycles. The number of carbonyl (C=O) groups is 1. The van der Waals surface area contributed by atoms with Crippen LogP contribution in [0.4, 0.5) is 0 Å². The number of carbonyl (C=O) groups excluding carboxylic acids is 1. The first-order chi connectivity index (χ1) is 8.70. The van der Waals surface area contributed by atoms with Gasteiger partial charge in [0, 0.05) is 6.92 Å². The van der Waals surface area contributed by atoms with Crippen molar-refractivity contribution in [1.29, 1.82) is 0 Å². The van der Waals surface area contributed by atoms with Crippen molar-refractivity contribution in [2.24, 2.45) is 0 Å². The Balaban J connectivity index is 3.77. The summed E-state index contributed by atoms with van der Waals surface area (Å²) in [6.07, 6.45) is 16.1. The molecule has 0 aliphatic rings. The van der Waals surface area contributed by atoms with Crippen molar-refractivity contribution >= 4 is 5.97 Å². The Kier molecular flexibility index (Phi) is 11.7. The number of allylic oxidation sites excluding steroid dienone is 4. The fourth-order valence-electron chi connectivity index (χ4n) is 1.78. The van der Waals surface area contributed by atoms with Crippen molar-refractivity contribution in [3.63, 3.8) is 0 Å². The zero-order valence-electron chi connectivity index (χ0n) is 12.2. The highest BCUT2D eigenvalue weighted by Crippen LogP contribution is 2.13. The summed E-state index contributed by atoms with van der Waals surface area (Å²) in [5.74, 6) is -0.155.